The monoisotopic (exact) mass is 344 g/mol. The van der Waals surface area contributed by atoms with Gasteiger partial charge in [-0.05, 0) is 29.8 Å². The molecular weight excluding hydrogens is 328 g/mol. The molecule has 0 amide bonds. The highest BCUT2D eigenvalue weighted by molar-refractivity contribution is 7.90. The van der Waals surface area contributed by atoms with Crippen molar-refractivity contribution < 1.29 is 17.7 Å². The second kappa shape index (κ2) is 6.84. The molecule has 0 saturated heterocycles. The number of hydrogen-bond acceptors (Lipinski definition) is 6. The maximum Gasteiger partial charge on any atom is 0.264 e. The highest BCUT2D eigenvalue weighted by Gasteiger charge is 2.09. The van der Waals surface area contributed by atoms with E-state index in [1.807, 2.05) is 30.3 Å². The summed E-state index contributed by atoms with van der Waals surface area (Å²) in [6.45, 7) is 0.125. The minimum Gasteiger partial charge on any atom is -0.484 e. The summed E-state index contributed by atoms with van der Waals surface area (Å²) in [4.78, 5) is 4.53. The van der Waals surface area contributed by atoms with Gasteiger partial charge < -0.3 is 9.26 Å². The van der Waals surface area contributed by atoms with Gasteiger partial charge in [-0.3, -0.25) is 0 Å². The summed E-state index contributed by atoms with van der Waals surface area (Å²) in [5, 5.41) is 3.92. The number of nitrogens with zero attached hydrogens (tertiary/aromatic N) is 2. The first-order chi connectivity index (χ1) is 11.5. The van der Waals surface area contributed by atoms with Crippen molar-refractivity contribution in [2.45, 2.75) is 17.9 Å². The van der Waals surface area contributed by atoms with Crippen LogP contribution < -0.4 is 4.74 Å². The lowest BCUT2D eigenvalue weighted by Crippen LogP contribution is -1.99. The highest BCUT2D eigenvalue weighted by atomic mass is 32.2. The molecule has 24 heavy (non-hydrogen) atoms. The van der Waals surface area contributed by atoms with Gasteiger partial charge in [0, 0.05) is 12.7 Å². The Hall–Kier alpha value is -2.67. The molecule has 2 aromatic carbocycles. The summed E-state index contributed by atoms with van der Waals surface area (Å²) in [6, 6.07) is 16.0. The summed E-state index contributed by atoms with van der Waals surface area (Å²) in [6.07, 6.45) is 1.75. The maximum absolute atomic E-state index is 11.4. The van der Waals surface area contributed by atoms with Crippen LogP contribution in [-0.4, -0.2) is 24.8 Å². The van der Waals surface area contributed by atoms with Crippen molar-refractivity contribution in [3.05, 3.63) is 71.9 Å². The number of benzene rings is 2. The van der Waals surface area contributed by atoms with E-state index in [2.05, 4.69) is 10.1 Å². The number of ether oxygens (including phenoxy) is 1. The summed E-state index contributed by atoms with van der Waals surface area (Å²) in [5.74, 6) is 1.49. The zero-order valence-corrected chi connectivity index (χ0v) is 13.9. The Kier molecular flexibility index (Phi) is 4.61. The second-order valence-electron chi connectivity index (χ2n) is 5.30. The van der Waals surface area contributed by atoms with Crippen LogP contribution in [0.2, 0.25) is 0 Å². The summed E-state index contributed by atoms with van der Waals surface area (Å²) >= 11 is 0. The standard InChI is InChI=1S/C17H16N2O4S/c1-24(20,21)15-9-7-14(8-10-15)22-12-17-18-16(19-23-17)11-13-5-3-2-4-6-13/h2-10H,11-12H2,1H3. The first-order valence-corrected chi connectivity index (χ1v) is 9.18. The van der Waals surface area contributed by atoms with Crippen LogP contribution in [0.15, 0.2) is 64.0 Å². The van der Waals surface area contributed by atoms with Crippen LogP contribution in [0.3, 0.4) is 0 Å². The molecule has 0 spiro atoms. The number of aromatic nitrogens is 2. The Bertz CT molecular complexity index is 903. The first kappa shape index (κ1) is 16.2. The third-order valence-corrected chi connectivity index (χ3v) is 4.46. The number of hydrogen-bond donors (Lipinski definition) is 0. The van der Waals surface area contributed by atoms with E-state index in [-0.39, 0.29) is 11.5 Å². The predicted molar refractivity (Wildman–Crippen MR) is 87.4 cm³/mol. The van der Waals surface area contributed by atoms with E-state index in [0.29, 0.717) is 23.9 Å². The van der Waals surface area contributed by atoms with E-state index in [9.17, 15) is 8.42 Å². The SMILES string of the molecule is CS(=O)(=O)c1ccc(OCc2nc(Cc3ccccc3)no2)cc1. The average Bonchev–Trinajstić information content (AvgIpc) is 3.01. The van der Waals surface area contributed by atoms with Crippen molar-refractivity contribution in [1.82, 2.24) is 10.1 Å². The molecule has 3 rings (SSSR count). The summed E-state index contributed by atoms with van der Waals surface area (Å²) in [7, 11) is -3.21. The Morgan fingerprint density at radius 2 is 1.75 bits per heavy atom. The Labute approximate surface area is 140 Å². The molecule has 7 heteroatoms. The molecule has 6 nitrogen and oxygen atoms in total. The van der Waals surface area contributed by atoms with Gasteiger partial charge in [0.1, 0.15) is 5.75 Å². The van der Waals surface area contributed by atoms with E-state index in [4.69, 9.17) is 9.26 Å². The average molecular weight is 344 g/mol. The van der Waals surface area contributed by atoms with E-state index >= 15 is 0 Å². The quantitative estimate of drug-likeness (QED) is 0.684. The first-order valence-electron chi connectivity index (χ1n) is 7.29. The van der Waals surface area contributed by atoms with Crippen LogP contribution in [0.25, 0.3) is 0 Å². The lowest BCUT2D eigenvalue weighted by Gasteiger charge is -2.04. The van der Waals surface area contributed by atoms with E-state index in [0.717, 1.165) is 11.8 Å². The fraction of sp³-hybridized carbons (Fsp3) is 0.176. The maximum atomic E-state index is 11.4. The molecule has 3 aromatic rings. The fourth-order valence-electron chi connectivity index (χ4n) is 2.13. The molecule has 0 unspecified atom stereocenters. The predicted octanol–water partition coefficient (Wildman–Crippen LogP) is 2.64. The summed E-state index contributed by atoms with van der Waals surface area (Å²) < 4.78 is 33.5. The molecule has 1 aromatic heterocycles. The molecule has 0 fully saturated rings. The molecule has 0 bridgehead atoms. The van der Waals surface area contributed by atoms with Gasteiger partial charge >= 0.3 is 0 Å². The van der Waals surface area contributed by atoms with Crippen molar-refractivity contribution in [3.63, 3.8) is 0 Å². The number of rotatable bonds is 6. The molecule has 0 radical (unpaired) electrons. The molecule has 124 valence electrons. The van der Waals surface area contributed by atoms with Gasteiger partial charge in [0.25, 0.3) is 5.89 Å². The molecule has 0 atom stereocenters. The van der Waals surface area contributed by atoms with Crippen LogP contribution >= 0.6 is 0 Å². The zero-order valence-electron chi connectivity index (χ0n) is 13.0. The normalized spacial score (nSPS) is 11.4. The van der Waals surface area contributed by atoms with Gasteiger partial charge in [0.05, 0.1) is 4.90 Å². The van der Waals surface area contributed by atoms with E-state index in [1.54, 1.807) is 12.1 Å². The topological polar surface area (TPSA) is 82.3 Å². The molecule has 1 heterocycles. The van der Waals surface area contributed by atoms with Crippen LogP contribution in [-0.2, 0) is 22.9 Å². The molecule has 0 aliphatic carbocycles. The van der Waals surface area contributed by atoms with Gasteiger partial charge in [0.2, 0.25) is 0 Å². The van der Waals surface area contributed by atoms with Crippen LogP contribution in [0, 0.1) is 0 Å². The van der Waals surface area contributed by atoms with Gasteiger partial charge in [-0.15, -0.1) is 0 Å². The van der Waals surface area contributed by atoms with Gasteiger partial charge in [-0.1, -0.05) is 35.5 Å². The Balaban J connectivity index is 1.59. The van der Waals surface area contributed by atoms with Crippen LogP contribution in [0.1, 0.15) is 17.3 Å². The lowest BCUT2D eigenvalue weighted by molar-refractivity contribution is 0.242. The molecule has 0 aliphatic rings. The van der Waals surface area contributed by atoms with Crippen molar-refractivity contribution in [3.8, 4) is 5.75 Å². The van der Waals surface area contributed by atoms with Crippen molar-refractivity contribution in [1.29, 1.82) is 0 Å². The third-order valence-electron chi connectivity index (χ3n) is 3.33. The summed E-state index contributed by atoms with van der Waals surface area (Å²) in [5.41, 5.74) is 1.10. The molecular formula is C17H16N2O4S. The molecule has 0 saturated carbocycles. The van der Waals surface area contributed by atoms with Gasteiger partial charge in [0.15, 0.2) is 22.3 Å². The fourth-order valence-corrected chi connectivity index (χ4v) is 2.76. The smallest absolute Gasteiger partial charge is 0.264 e. The van der Waals surface area contributed by atoms with E-state index in [1.165, 1.54) is 12.1 Å². The van der Waals surface area contributed by atoms with Crippen LogP contribution in [0.4, 0.5) is 0 Å². The molecule has 0 N–H and O–H groups in total. The zero-order chi connectivity index (χ0) is 17.0. The number of sulfone groups is 1. The van der Waals surface area contributed by atoms with Crippen molar-refractivity contribution in [2.75, 3.05) is 6.26 Å². The van der Waals surface area contributed by atoms with Crippen molar-refractivity contribution in [2.24, 2.45) is 0 Å². The Morgan fingerprint density at radius 3 is 2.42 bits per heavy atom. The van der Waals surface area contributed by atoms with Crippen LogP contribution in [0.5, 0.6) is 5.75 Å². The minimum absolute atomic E-state index is 0.125. The second-order valence-corrected chi connectivity index (χ2v) is 7.31. The van der Waals surface area contributed by atoms with Gasteiger partial charge in [-0.2, -0.15) is 4.98 Å². The molecule has 0 aliphatic heterocycles. The Morgan fingerprint density at radius 1 is 1.04 bits per heavy atom. The van der Waals surface area contributed by atoms with Crippen molar-refractivity contribution >= 4 is 9.84 Å². The van der Waals surface area contributed by atoms with Gasteiger partial charge in [-0.25, -0.2) is 8.42 Å². The minimum atomic E-state index is -3.21. The van der Waals surface area contributed by atoms with E-state index < -0.39 is 9.84 Å². The largest absolute Gasteiger partial charge is 0.484 e. The lowest BCUT2D eigenvalue weighted by atomic mass is 10.1. The highest BCUT2D eigenvalue weighted by Crippen LogP contribution is 2.17. The third kappa shape index (κ3) is 4.20.